The summed E-state index contributed by atoms with van der Waals surface area (Å²) in [5.41, 5.74) is 1.22. The number of hydrogen-bond acceptors (Lipinski definition) is 5. The first-order chi connectivity index (χ1) is 14.1. The van der Waals surface area contributed by atoms with E-state index in [9.17, 15) is 9.59 Å². The van der Waals surface area contributed by atoms with Crippen LogP contribution in [0, 0.1) is 18.8 Å². The van der Waals surface area contributed by atoms with Crippen molar-refractivity contribution < 1.29 is 14.3 Å². The molecule has 7 heteroatoms. The molecule has 2 aliphatic heterocycles. The number of aromatic nitrogens is 1. The lowest BCUT2D eigenvalue weighted by Crippen LogP contribution is -2.52. The number of carbonyl (C=O) groups is 2. The second kappa shape index (κ2) is 9.22. The lowest BCUT2D eigenvalue weighted by molar-refractivity contribution is -0.149. The predicted molar refractivity (Wildman–Crippen MR) is 110 cm³/mol. The Balaban J connectivity index is 1.21. The highest BCUT2D eigenvalue weighted by molar-refractivity contribution is 5.92. The molecule has 0 bridgehead atoms. The van der Waals surface area contributed by atoms with Crippen LogP contribution < -0.4 is 5.32 Å². The van der Waals surface area contributed by atoms with Gasteiger partial charge in [-0.05, 0) is 69.7 Å². The maximum atomic E-state index is 12.3. The van der Waals surface area contributed by atoms with Gasteiger partial charge in [0.25, 0.3) is 5.91 Å². The van der Waals surface area contributed by atoms with E-state index in [0.717, 1.165) is 44.1 Å². The maximum absolute atomic E-state index is 12.3. The Morgan fingerprint density at radius 2 is 1.93 bits per heavy atom. The number of rotatable bonds is 7. The minimum absolute atomic E-state index is 0.0633. The minimum atomic E-state index is -0.205. The van der Waals surface area contributed by atoms with E-state index >= 15 is 0 Å². The van der Waals surface area contributed by atoms with E-state index in [1.54, 1.807) is 6.07 Å². The van der Waals surface area contributed by atoms with Crippen molar-refractivity contribution in [2.24, 2.45) is 11.8 Å². The van der Waals surface area contributed by atoms with Crippen LogP contribution in [0.1, 0.15) is 41.9 Å². The molecule has 2 saturated heterocycles. The molecule has 3 fully saturated rings. The summed E-state index contributed by atoms with van der Waals surface area (Å²) in [5, 5.41) is 2.89. The summed E-state index contributed by atoms with van der Waals surface area (Å²) in [6.07, 6.45) is 4.96. The van der Waals surface area contributed by atoms with Crippen LogP contribution >= 0.6 is 0 Å². The molecule has 7 nitrogen and oxygen atoms in total. The Hall–Kier alpha value is -1.99. The van der Waals surface area contributed by atoms with Crippen LogP contribution in [0.5, 0.6) is 0 Å². The van der Waals surface area contributed by atoms with Crippen LogP contribution in [0.3, 0.4) is 0 Å². The molecule has 1 aromatic heterocycles. The first-order valence-electron chi connectivity index (χ1n) is 10.9. The summed E-state index contributed by atoms with van der Waals surface area (Å²) >= 11 is 0. The van der Waals surface area contributed by atoms with Crippen molar-refractivity contribution in [1.29, 1.82) is 0 Å². The Bertz CT molecular complexity index is 729. The highest BCUT2D eigenvalue weighted by Crippen LogP contribution is 2.31. The number of pyridine rings is 1. The molecule has 4 rings (SSSR count). The molecule has 1 atom stereocenters. The van der Waals surface area contributed by atoms with Crippen molar-refractivity contribution >= 4 is 11.8 Å². The summed E-state index contributed by atoms with van der Waals surface area (Å²) in [6.45, 7) is 7.28. The summed E-state index contributed by atoms with van der Waals surface area (Å²) in [7, 11) is 0. The average Bonchev–Trinajstić information content (AvgIpc) is 3.54. The molecule has 3 aliphatic rings. The van der Waals surface area contributed by atoms with Crippen LogP contribution in [0.15, 0.2) is 18.2 Å². The number of carbonyl (C=O) groups excluding carboxylic acids is 2. The molecule has 1 aliphatic carbocycles. The van der Waals surface area contributed by atoms with E-state index in [2.05, 4.69) is 15.2 Å². The zero-order chi connectivity index (χ0) is 20.2. The van der Waals surface area contributed by atoms with E-state index in [-0.39, 0.29) is 24.5 Å². The number of morpholine rings is 1. The fourth-order valence-electron chi connectivity index (χ4n) is 4.28. The van der Waals surface area contributed by atoms with Gasteiger partial charge >= 0.3 is 0 Å². The molecular weight excluding hydrogens is 368 g/mol. The zero-order valence-electron chi connectivity index (χ0n) is 17.3. The number of hydrogen-bond donors (Lipinski definition) is 1. The first-order valence-corrected chi connectivity index (χ1v) is 10.9. The molecule has 1 aromatic rings. The molecule has 1 saturated carbocycles. The van der Waals surface area contributed by atoms with Crippen LogP contribution in [-0.2, 0) is 9.53 Å². The molecule has 158 valence electrons. The van der Waals surface area contributed by atoms with Crippen LogP contribution in [0.2, 0.25) is 0 Å². The number of piperidine rings is 1. The molecule has 29 heavy (non-hydrogen) atoms. The third-order valence-electron chi connectivity index (χ3n) is 6.23. The Morgan fingerprint density at radius 1 is 1.17 bits per heavy atom. The number of aryl methyl sites for hydroxylation is 1. The highest BCUT2D eigenvalue weighted by atomic mass is 16.5. The third-order valence-corrected chi connectivity index (χ3v) is 6.23. The van der Waals surface area contributed by atoms with Crippen molar-refractivity contribution in [2.75, 3.05) is 45.9 Å². The summed E-state index contributed by atoms with van der Waals surface area (Å²) < 4.78 is 5.65. The van der Waals surface area contributed by atoms with Gasteiger partial charge in [0, 0.05) is 31.9 Å². The van der Waals surface area contributed by atoms with Gasteiger partial charge in [-0.3, -0.25) is 9.59 Å². The van der Waals surface area contributed by atoms with Crippen molar-refractivity contribution in [3.8, 4) is 0 Å². The smallest absolute Gasteiger partial charge is 0.269 e. The van der Waals surface area contributed by atoms with Gasteiger partial charge in [-0.2, -0.15) is 0 Å². The van der Waals surface area contributed by atoms with E-state index in [1.807, 2.05) is 24.0 Å². The lowest BCUT2D eigenvalue weighted by Gasteiger charge is -2.38. The van der Waals surface area contributed by atoms with Gasteiger partial charge in [0.05, 0.1) is 6.10 Å². The number of ether oxygens (including phenoxy) is 1. The second-order valence-electron chi connectivity index (χ2n) is 8.79. The normalized spacial score (nSPS) is 24.0. The molecule has 0 spiro atoms. The van der Waals surface area contributed by atoms with Gasteiger partial charge in [-0.25, -0.2) is 4.98 Å². The Labute approximate surface area is 172 Å². The monoisotopic (exact) mass is 400 g/mol. The van der Waals surface area contributed by atoms with Gasteiger partial charge in [0.1, 0.15) is 12.3 Å². The summed E-state index contributed by atoms with van der Waals surface area (Å²) in [4.78, 5) is 33.4. The molecule has 0 radical (unpaired) electrons. The van der Waals surface area contributed by atoms with Gasteiger partial charge < -0.3 is 19.9 Å². The largest absolute Gasteiger partial charge is 0.365 e. The number of nitrogens with one attached hydrogen (secondary N) is 1. The molecule has 0 aromatic carbocycles. The maximum Gasteiger partial charge on any atom is 0.269 e. The number of amides is 2. The van der Waals surface area contributed by atoms with Crippen LogP contribution in [0.25, 0.3) is 0 Å². The molecule has 3 heterocycles. The van der Waals surface area contributed by atoms with Gasteiger partial charge in [0.2, 0.25) is 5.91 Å². The zero-order valence-corrected chi connectivity index (χ0v) is 17.3. The van der Waals surface area contributed by atoms with E-state index in [0.29, 0.717) is 24.7 Å². The molecule has 1 N–H and O–H groups in total. The second-order valence-corrected chi connectivity index (χ2v) is 8.79. The minimum Gasteiger partial charge on any atom is -0.365 e. The standard InChI is InChI=1S/C22H32N4O3/c1-16-3-2-4-20(24-16)22(28)23-11-19-14-26(21(27)15-29-19)13-18-7-9-25(10-8-18)12-17-5-6-17/h2-4,17-19H,5-15H2,1H3,(H,23,28)/t19-/m1/s1. The van der Waals surface area contributed by atoms with Crippen molar-refractivity contribution in [2.45, 2.75) is 38.7 Å². The Kier molecular flexibility index (Phi) is 6.45. The van der Waals surface area contributed by atoms with Crippen molar-refractivity contribution in [3.05, 3.63) is 29.6 Å². The molecular formula is C22H32N4O3. The quantitative estimate of drug-likeness (QED) is 0.750. The fourth-order valence-corrected chi connectivity index (χ4v) is 4.28. The van der Waals surface area contributed by atoms with E-state index in [4.69, 9.17) is 4.74 Å². The average molecular weight is 401 g/mol. The number of likely N-dealkylation sites (tertiary alicyclic amines) is 1. The van der Waals surface area contributed by atoms with E-state index in [1.165, 1.54) is 19.4 Å². The van der Waals surface area contributed by atoms with Gasteiger partial charge in [-0.1, -0.05) is 6.07 Å². The lowest BCUT2D eigenvalue weighted by atomic mass is 9.95. The third kappa shape index (κ3) is 5.76. The Morgan fingerprint density at radius 3 is 2.66 bits per heavy atom. The predicted octanol–water partition coefficient (Wildman–Crippen LogP) is 1.47. The van der Waals surface area contributed by atoms with E-state index < -0.39 is 0 Å². The summed E-state index contributed by atoms with van der Waals surface area (Å²) in [6, 6.07) is 5.39. The van der Waals surface area contributed by atoms with Gasteiger partial charge in [0.15, 0.2) is 0 Å². The van der Waals surface area contributed by atoms with Gasteiger partial charge in [-0.15, -0.1) is 0 Å². The van der Waals surface area contributed by atoms with Crippen LogP contribution in [-0.4, -0.2) is 78.6 Å². The topological polar surface area (TPSA) is 74.8 Å². The molecule has 2 amide bonds. The van der Waals surface area contributed by atoms with Crippen LogP contribution in [0.4, 0.5) is 0 Å². The van der Waals surface area contributed by atoms with Crippen molar-refractivity contribution in [3.63, 3.8) is 0 Å². The van der Waals surface area contributed by atoms with Crippen molar-refractivity contribution in [1.82, 2.24) is 20.1 Å². The summed E-state index contributed by atoms with van der Waals surface area (Å²) in [5.74, 6) is 1.37. The SMILES string of the molecule is Cc1cccc(C(=O)NC[C@@H]2CN(CC3CCN(CC4CC4)CC3)C(=O)CO2)n1. The number of nitrogens with zero attached hydrogens (tertiary/aromatic N) is 3. The fraction of sp³-hybridized carbons (Fsp3) is 0.682. The molecule has 0 unspecified atom stereocenters. The first kappa shape index (κ1) is 20.3. The highest BCUT2D eigenvalue weighted by Gasteiger charge is 2.31.